The first-order chi connectivity index (χ1) is 21.0. The number of ether oxygens (including phenoxy) is 1. The second-order valence-electron chi connectivity index (χ2n) is 12.4. The summed E-state index contributed by atoms with van der Waals surface area (Å²) in [5.74, 6) is -1.33. The van der Waals surface area contributed by atoms with Gasteiger partial charge in [-0.15, -0.1) is 0 Å². The minimum atomic E-state index is -4.61. The van der Waals surface area contributed by atoms with Crippen LogP contribution in [-0.4, -0.2) is 102 Å². The fourth-order valence-electron chi connectivity index (χ4n) is 6.75. The van der Waals surface area contributed by atoms with E-state index in [1.165, 1.54) is 9.80 Å². The minimum absolute atomic E-state index is 0.00120. The van der Waals surface area contributed by atoms with E-state index in [1.807, 2.05) is 19.2 Å². The van der Waals surface area contributed by atoms with Crippen molar-refractivity contribution in [1.82, 2.24) is 39.7 Å². The predicted molar refractivity (Wildman–Crippen MR) is 142 cm³/mol. The molecule has 6 heterocycles. The zero-order chi connectivity index (χ0) is 30.9. The highest BCUT2D eigenvalue weighted by Gasteiger charge is 2.71. The van der Waals surface area contributed by atoms with Crippen LogP contribution in [0.3, 0.4) is 0 Å². The maximum atomic E-state index is 13.7. The number of carbonyl (C=O) groups excluding carboxylic acids is 2. The number of aromatic nitrogens is 6. The van der Waals surface area contributed by atoms with Crippen LogP contribution in [0.1, 0.15) is 78.4 Å². The van der Waals surface area contributed by atoms with Gasteiger partial charge in [0.15, 0.2) is 5.82 Å². The summed E-state index contributed by atoms with van der Waals surface area (Å²) in [6.07, 6.45) is 0.813. The van der Waals surface area contributed by atoms with Crippen LogP contribution in [0.4, 0.5) is 13.2 Å². The molecular formula is C28H31F3N8O5. The Labute approximate surface area is 249 Å². The minimum Gasteiger partial charge on any atom is -0.492 e. The van der Waals surface area contributed by atoms with Crippen LogP contribution < -0.4 is 0 Å². The Kier molecular flexibility index (Phi) is 6.68. The number of amides is 2. The van der Waals surface area contributed by atoms with Crippen LogP contribution in [0.25, 0.3) is 0 Å². The van der Waals surface area contributed by atoms with Crippen LogP contribution in [0.2, 0.25) is 0 Å². The number of nitrogens with zero attached hydrogens (tertiary/aromatic N) is 8. The van der Waals surface area contributed by atoms with Gasteiger partial charge in [-0.1, -0.05) is 5.16 Å². The van der Waals surface area contributed by atoms with Crippen molar-refractivity contribution in [3.8, 4) is 5.88 Å². The lowest BCUT2D eigenvalue weighted by atomic mass is 9.70. The number of alkyl halides is 3. The molecule has 2 amide bonds. The van der Waals surface area contributed by atoms with Crippen LogP contribution >= 0.6 is 0 Å². The third kappa shape index (κ3) is 4.70. The van der Waals surface area contributed by atoms with Gasteiger partial charge < -0.3 is 24.2 Å². The van der Waals surface area contributed by atoms with Crippen molar-refractivity contribution in [1.29, 1.82) is 0 Å². The first kappa shape index (κ1) is 28.7. The zero-order valence-corrected chi connectivity index (χ0v) is 23.9. The monoisotopic (exact) mass is 616 g/mol. The Bertz CT molecular complexity index is 1560. The van der Waals surface area contributed by atoms with Gasteiger partial charge in [-0.2, -0.15) is 23.3 Å². The normalized spacial score (nSPS) is 23.5. The zero-order valence-electron chi connectivity index (χ0n) is 23.9. The Morgan fingerprint density at radius 2 is 1.82 bits per heavy atom. The summed E-state index contributed by atoms with van der Waals surface area (Å²) in [7, 11) is 0. The van der Waals surface area contributed by atoms with Crippen molar-refractivity contribution in [2.45, 2.75) is 56.7 Å². The van der Waals surface area contributed by atoms with Gasteiger partial charge in [0.1, 0.15) is 17.2 Å². The fourth-order valence-corrected chi connectivity index (χ4v) is 6.75. The lowest BCUT2D eigenvalue weighted by molar-refractivity contribution is -0.204. The van der Waals surface area contributed by atoms with Crippen LogP contribution in [0.15, 0.2) is 29.2 Å². The number of carbonyl (C=O) groups is 2. The standard InChI is InChI=1S/C28H31F3N8O5/c1-16(39-7-2-19(35-39)17-3-8-43-9-4-17)23-34-22(36-44-23)18-12-37(24(41)20-10-33-21(40)11-32-20)13-26(18)14-38(15-26)25(42)27(5-6-27)28(29,30)31/h2,7,10-11,16-18H,3-6,8-9,12-15H2,1H3,(H,33,40). The van der Waals surface area contributed by atoms with E-state index in [1.54, 1.807) is 4.68 Å². The summed E-state index contributed by atoms with van der Waals surface area (Å²) >= 11 is 0. The topological polar surface area (TPSA) is 153 Å². The second kappa shape index (κ2) is 10.2. The van der Waals surface area contributed by atoms with Gasteiger partial charge in [0.25, 0.3) is 11.8 Å². The molecule has 16 heteroatoms. The summed E-state index contributed by atoms with van der Waals surface area (Å²) < 4.78 is 54.0. The number of likely N-dealkylation sites (tertiary alicyclic amines) is 2. The molecule has 4 aliphatic rings. The summed E-state index contributed by atoms with van der Waals surface area (Å²) in [6, 6.07) is 1.58. The number of hydrogen-bond donors (Lipinski definition) is 1. The highest BCUT2D eigenvalue weighted by atomic mass is 19.4. The van der Waals surface area contributed by atoms with Crippen LogP contribution in [0.5, 0.6) is 5.88 Å². The van der Waals surface area contributed by atoms with Gasteiger partial charge in [-0.3, -0.25) is 14.3 Å². The summed E-state index contributed by atoms with van der Waals surface area (Å²) in [4.78, 5) is 41.4. The Hall–Kier alpha value is -4.08. The van der Waals surface area contributed by atoms with E-state index in [0.717, 1.165) is 30.9 Å². The molecule has 1 aliphatic carbocycles. The van der Waals surface area contributed by atoms with Gasteiger partial charge >= 0.3 is 6.18 Å². The second-order valence-corrected chi connectivity index (χ2v) is 12.4. The molecule has 4 fully saturated rings. The molecule has 1 N–H and O–H groups in total. The first-order valence-electron chi connectivity index (χ1n) is 14.6. The third-order valence-corrected chi connectivity index (χ3v) is 9.59. The molecular weight excluding hydrogens is 585 g/mol. The highest BCUT2D eigenvalue weighted by molar-refractivity contribution is 5.92. The molecule has 3 saturated heterocycles. The highest BCUT2D eigenvalue weighted by Crippen LogP contribution is 2.60. The average molecular weight is 617 g/mol. The molecule has 3 aromatic heterocycles. The largest absolute Gasteiger partial charge is 0.492 e. The fraction of sp³-hybridized carbons (Fsp3) is 0.607. The average Bonchev–Trinajstić information content (AvgIpc) is 3.33. The van der Waals surface area contributed by atoms with E-state index in [0.29, 0.717) is 30.8 Å². The number of rotatable bonds is 6. The number of aromatic hydroxyl groups is 1. The van der Waals surface area contributed by atoms with E-state index in [9.17, 15) is 27.9 Å². The molecule has 13 nitrogen and oxygen atoms in total. The van der Waals surface area contributed by atoms with Crippen molar-refractivity contribution in [3.63, 3.8) is 0 Å². The summed E-state index contributed by atoms with van der Waals surface area (Å²) in [5.41, 5.74) is -2.13. The molecule has 234 valence electrons. The van der Waals surface area contributed by atoms with Gasteiger partial charge in [-0.05, 0) is 38.7 Å². The van der Waals surface area contributed by atoms with Gasteiger partial charge in [0.2, 0.25) is 11.8 Å². The molecule has 44 heavy (non-hydrogen) atoms. The molecule has 1 saturated carbocycles. The third-order valence-electron chi connectivity index (χ3n) is 9.59. The van der Waals surface area contributed by atoms with Crippen molar-refractivity contribution in [3.05, 3.63) is 47.8 Å². The van der Waals surface area contributed by atoms with Crippen molar-refractivity contribution in [2.75, 3.05) is 39.4 Å². The maximum absolute atomic E-state index is 13.7. The van der Waals surface area contributed by atoms with E-state index in [2.05, 4.69) is 20.1 Å². The lowest BCUT2D eigenvalue weighted by Gasteiger charge is -2.51. The Morgan fingerprint density at radius 1 is 1.09 bits per heavy atom. The van der Waals surface area contributed by atoms with Gasteiger partial charge in [-0.25, -0.2) is 9.97 Å². The SMILES string of the molecule is CC(c1nc(C2CN(C(=O)c3cnc(O)cn3)CC23CN(C(=O)C2(C(F)(F)F)CC2)C3)no1)n1ccc(C2CCOCC2)n1. The molecule has 0 radical (unpaired) electrons. The van der Waals surface area contributed by atoms with Crippen LogP contribution in [0, 0.1) is 10.8 Å². The van der Waals surface area contributed by atoms with Gasteiger partial charge in [0.05, 0.1) is 24.0 Å². The van der Waals surface area contributed by atoms with Crippen molar-refractivity contribution in [2.24, 2.45) is 10.8 Å². The molecule has 3 aromatic rings. The molecule has 7 rings (SSSR count). The number of halogens is 3. The van der Waals surface area contributed by atoms with E-state index in [4.69, 9.17) is 14.4 Å². The van der Waals surface area contributed by atoms with Gasteiger partial charge in [0, 0.05) is 56.9 Å². The smallest absolute Gasteiger partial charge is 0.403 e. The lowest BCUT2D eigenvalue weighted by Crippen LogP contribution is -2.64. The van der Waals surface area contributed by atoms with Crippen molar-refractivity contribution >= 4 is 11.8 Å². The Balaban J connectivity index is 1.13. The van der Waals surface area contributed by atoms with Crippen molar-refractivity contribution < 1.29 is 37.1 Å². The first-order valence-corrected chi connectivity index (χ1v) is 14.6. The Morgan fingerprint density at radius 3 is 2.48 bits per heavy atom. The summed E-state index contributed by atoms with van der Waals surface area (Å²) in [6.45, 7) is 3.59. The summed E-state index contributed by atoms with van der Waals surface area (Å²) in [5, 5.41) is 18.5. The van der Waals surface area contributed by atoms with E-state index < -0.39 is 40.8 Å². The molecule has 3 aliphatic heterocycles. The van der Waals surface area contributed by atoms with Crippen LogP contribution in [-0.2, 0) is 9.53 Å². The quantitative estimate of drug-likeness (QED) is 0.438. The molecule has 2 unspecified atom stereocenters. The molecule has 2 atom stereocenters. The molecule has 1 spiro atoms. The number of hydrogen-bond acceptors (Lipinski definition) is 10. The molecule has 0 aromatic carbocycles. The maximum Gasteiger partial charge on any atom is 0.403 e. The predicted octanol–water partition coefficient (Wildman–Crippen LogP) is 2.68. The van der Waals surface area contributed by atoms with E-state index >= 15 is 0 Å². The molecule has 0 bridgehead atoms. The van der Waals surface area contributed by atoms with E-state index in [-0.39, 0.29) is 50.6 Å².